The molecule has 2 aliphatic carbocycles. The van der Waals surface area contributed by atoms with Crippen LogP contribution >= 0.6 is 0 Å². The number of para-hydroxylation sites is 1. The largest absolute Gasteiger partial charge is 0.375 e. The highest BCUT2D eigenvalue weighted by Gasteiger charge is 2.48. The maximum absolute atomic E-state index is 12.4. The van der Waals surface area contributed by atoms with Crippen molar-refractivity contribution in [2.24, 2.45) is 23.5 Å². The van der Waals surface area contributed by atoms with Gasteiger partial charge in [0.2, 0.25) is 5.91 Å². The second-order valence-electron chi connectivity index (χ2n) is 7.19. The summed E-state index contributed by atoms with van der Waals surface area (Å²) in [7, 11) is 2.11. The van der Waals surface area contributed by atoms with Crippen LogP contribution in [0.3, 0.4) is 0 Å². The molecule has 1 aromatic carbocycles. The molecule has 2 bridgehead atoms. The zero-order valence-corrected chi connectivity index (χ0v) is 14.1. The summed E-state index contributed by atoms with van der Waals surface area (Å²) in [5, 5.41) is 3.12. The number of fused-ring (bicyclic) bond motifs is 2. The highest BCUT2D eigenvalue weighted by atomic mass is 16.1. The molecule has 4 unspecified atom stereocenters. The average molecular weight is 315 g/mol. The Hall–Kier alpha value is -1.55. The van der Waals surface area contributed by atoms with Crippen LogP contribution in [0, 0.1) is 17.8 Å². The molecule has 0 radical (unpaired) electrons. The first-order valence-corrected chi connectivity index (χ1v) is 8.96. The molecule has 3 rings (SSSR count). The highest BCUT2D eigenvalue weighted by molar-refractivity contribution is 5.80. The number of hydrogen-bond donors (Lipinski definition) is 2. The molecular weight excluding hydrogens is 286 g/mol. The van der Waals surface area contributed by atoms with Gasteiger partial charge in [-0.3, -0.25) is 4.79 Å². The van der Waals surface area contributed by atoms with Crippen molar-refractivity contribution in [3.8, 4) is 0 Å². The van der Waals surface area contributed by atoms with E-state index >= 15 is 0 Å². The summed E-state index contributed by atoms with van der Waals surface area (Å²) in [6.45, 7) is 1.77. The van der Waals surface area contributed by atoms with Crippen LogP contribution in [0.1, 0.15) is 32.1 Å². The molecule has 0 heterocycles. The molecule has 0 saturated heterocycles. The van der Waals surface area contributed by atoms with Crippen LogP contribution < -0.4 is 16.0 Å². The van der Waals surface area contributed by atoms with E-state index in [1.165, 1.54) is 24.9 Å². The molecule has 0 aliphatic heterocycles. The van der Waals surface area contributed by atoms with E-state index in [2.05, 4.69) is 41.5 Å². The third kappa shape index (κ3) is 3.69. The summed E-state index contributed by atoms with van der Waals surface area (Å²) in [5.41, 5.74) is 7.47. The Morgan fingerprint density at radius 3 is 2.65 bits per heavy atom. The highest BCUT2D eigenvalue weighted by Crippen LogP contribution is 2.47. The zero-order chi connectivity index (χ0) is 16.2. The maximum atomic E-state index is 12.4. The molecule has 3 N–H and O–H groups in total. The molecule has 0 spiro atoms. The number of nitrogens with two attached hydrogens (primary N) is 1. The van der Waals surface area contributed by atoms with Crippen LogP contribution in [0.15, 0.2) is 30.3 Å². The van der Waals surface area contributed by atoms with Crippen LogP contribution in [0.4, 0.5) is 5.69 Å². The van der Waals surface area contributed by atoms with Crippen LogP contribution in [0.2, 0.25) is 0 Å². The van der Waals surface area contributed by atoms with E-state index < -0.39 is 0 Å². The molecule has 23 heavy (non-hydrogen) atoms. The predicted molar refractivity (Wildman–Crippen MR) is 94.3 cm³/mol. The lowest BCUT2D eigenvalue weighted by atomic mass is 9.84. The van der Waals surface area contributed by atoms with Gasteiger partial charge >= 0.3 is 0 Å². The fraction of sp³-hybridized carbons (Fsp3) is 0.632. The van der Waals surface area contributed by atoms with Gasteiger partial charge in [0.1, 0.15) is 0 Å². The molecule has 4 heteroatoms. The van der Waals surface area contributed by atoms with Gasteiger partial charge in [0.25, 0.3) is 0 Å². The Bertz CT molecular complexity index is 517. The zero-order valence-electron chi connectivity index (χ0n) is 14.1. The molecule has 4 nitrogen and oxygen atoms in total. The number of nitrogens with one attached hydrogen (secondary N) is 1. The summed E-state index contributed by atoms with van der Waals surface area (Å²) in [6.07, 6.45) is 5.67. The van der Waals surface area contributed by atoms with E-state index in [9.17, 15) is 4.79 Å². The summed E-state index contributed by atoms with van der Waals surface area (Å²) >= 11 is 0. The molecule has 126 valence electrons. The van der Waals surface area contributed by atoms with Gasteiger partial charge in [0, 0.05) is 31.9 Å². The van der Waals surface area contributed by atoms with Crippen molar-refractivity contribution in [3.63, 3.8) is 0 Å². The predicted octanol–water partition coefficient (Wildman–Crippen LogP) is 2.39. The van der Waals surface area contributed by atoms with Gasteiger partial charge < -0.3 is 16.0 Å². The van der Waals surface area contributed by atoms with Crippen molar-refractivity contribution in [2.45, 2.75) is 38.1 Å². The van der Waals surface area contributed by atoms with Crippen LogP contribution in [-0.4, -0.2) is 32.1 Å². The van der Waals surface area contributed by atoms with Gasteiger partial charge in [0.05, 0.1) is 5.92 Å². The summed E-state index contributed by atoms with van der Waals surface area (Å²) in [6, 6.07) is 10.5. The number of anilines is 1. The molecule has 1 amide bonds. The summed E-state index contributed by atoms with van der Waals surface area (Å²) < 4.78 is 0. The SMILES string of the molecule is CN(CCCCNC(=O)C1C2CCC(C2)C1N)c1ccccc1. The van der Waals surface area contributed by atoms with Gasteiger partial charge in [0.15, 0.2) is 0 Å². The van der Waals surface area contributed by atoms with Crippen molar-refractivity contribution >= 4 is 11.6 Å². The number of rotatable bonds is 7. The minimum absolute atomic E-state index is 0.0701. The van der Waals surface area contributed by atoms with E-state index in [1.54, 1.807) is 0 Å². The van der Waals surface area contributed by atoms with E-state index in [-0.39, 0.29) is 17.9 Å². The number of unbranched alkanes of at least 4 members (excludes halogenated alkanes) is 1. The monoisotopic (exact) mass is 315 g/mol. The first-order valence-electron chi connectivity index (χ1n) is 8.96. The first-order chi connectivity index (χ1) is 11.2. The number of benzene rings is 1. The third-order valence-corrected chi connectivity index (χ3v) is 5.70. The topological polar surface area (TPSA) is 58.4 Å². The first kappa shape index (κ1) is 16.3. The van der Waals surface area contributed by atoms with Crippen molar-refractivity contribution in [1.29, 1.82) is 0 Å². The molecule has 2 fully saturated rings. The Morgan fingerprint density at radius 1 is 1.22 bits per heavy atom. The minimum Gasteiger partial charge on any atom is -0.375 e. The Balaban J connectivity index is 1.33. The molecule has 0 aromatic heterocycles. The number of amides is 1. The lowest BCUT2D eigenvalue weighted by Crippen LogP contribution is -2.45. The number of hydrogen-bond acceptors (Lipinski definition) is 3. The quantitative estimate of drug-likeness (QED) is 0.760. The van der Waals surface area contributed by atoms with E-state index in [1.807, 2.05) is 6.07 Å². The normalized spacial score (nSPS) is 28.8. The second kappa shape index (κ2) is 7.35. The minimum atomic E-state index is 0.0701. The summed E-state index contributed by atoms with van der Waals surface area (Å²) in [5.74, 6) is 1.40. The van der Waals surface area contributed by atoms with Gasteiger partial charge in [-0.15, -0.1) is 0 Å². The van der Waals surface area contributed by atoms with Crippen LogP contribution in [0.25, 0.3) is 0 Å². The fourth-order valence-corrected chi connectivity index (χ4v) is 4.34. The second-order valence-corrected chi connectivity index (χ2v) is 7.19. The Morgan fingerprint density at radius 2 is 1.96 bits per heavy atom. The van der Waals surface area contributed by atoms with Crippen LogP contribution in [-0.2, 0) is 4.79 Å². The molecule has 1 aromatic rings. The third-order valence-electron chi connectivity index (χ3n) is 5.70. The maximum Gasteiger partial charge on any atom is 0.224 e. The molecule has 2 saturated carbocycles. The van der Waals surface area contributed by atoms with Gasteiger partial charge in [-0.25, -0.2) is 0 Å². The summed E-state index contributed by atoms with van der Waals surface area (Å²) in [4.78, 5) is 14.6. The van der Waals surface area contributed by atoms with Crippen molar-refractivity contribution in [3.05, 3.63) is 30.3 Å². The fourth-order valence-electron chi connectivity index (χ4n) is 4.34. The van der Waals surface area contributed by atoms with E-state index in [4.69, 9.17) is 5.73 Å². The van der Waals surface area contributed by atoms with Crippen molar-refractivity contribution in [2.75, 3.05) is 25.0 Å². The standard InChI is InChI=1S/C19H29N3O/c1-22(16-7-3-2-4-8-16)12-6-5-11-21-19(23)17-14-9-10-15(13-14)18(17)20/h2-4,7-8,14-15,17-18H,5-6,9-13,20H2,1H3,(H,21,23). The lowest BCUT2D eigenvalue weighted by Gasteiger charge is -2.27. The van der Waals surface area contributed by atoms with Gasteiger partial charge in [-0.2, -0.15) is 0 Å². The molecular formula is C19H29N3O. The van der Waals surface area contributed by atoms with Crippen molar-refractivity contribution in [1.82, 2.24) is 5.32 Å². The Labute approximate surface area is 139 Å². The smallest absolute Gasteiger partial charge is 0.224 e. The average Bonchev–Trinajstić information content (AvgIpc) is 3.16. The number of nitrogens with zero attached hydrogens (tertiary/aromatic N) is 1. The molecule has 2 aliphatic rings. The van der Waals surface area contributed by atoms with Crippen molar-refractivity contribution < 1.29 is 4.79 Å². The van der Waals surface area contributed by atoms with E-state index in [0.29, 0.717) is 11.8 Å². The number of carbonyl (C=O) groups is 1. The van der Waals surface area contributed by atoms with E-state index in [0.717, 1.165) is 25.9 Å². The van der Waals surface area contributed by atoms with Crippen LogP contribution in [0.5, 0.6) is 0 Å². The lowest BCUT2D eigenvalue weighted by molar-refractivity contribution is -0.127. The molecule has 4 atom stereocenters. The van der Waals surface area contributed by atoms with Gasteiger partial charge in [-0.05, 0) is 56.1 Å². The van der Waals surface area contributed by atoms with Gasteiger partial charge in [-0.1, -0.05) is 18.2 Å². The Kier molecular flexibility index (Phi) is 5.21. The number of carbonyl (C=O) groups excluding carboxylic acids is 1.